The molecule has 2 aliphatic heterocycles. The predicted octanol–water partition coefficient (Wildman–Crippen LogP) is 8.11. The van der Waals surface area contributed by atoms with Gasteiger partial charge in [-0.1, -0.05) is 49.7 Å². The Balaban J connectivity index is 1.45. The van der Waals surface area contributed by atoms with Crippen LogP contribution in [-0.4, -0.2) is 27.8 Å². The number of nitrogens with one attached hydrogen (secondary N) is 1. The molecule has 0 bridgehead atoms. The van der Waals surface area contributed by atoms with Gasteiger partial charge in [-0.2, -0.15) is 0 Å². The fourth-order valence-corrected chi connectivity index (χ4v) is 7.62. The summed E-state index contributed by atoms with van der Waals surface area (Å²) in [6, 6.07) is 23.1. The number of para-hydroxylation sites is 1. The van der Waals surface area contributed by atoms with Crippen LogP contribution in [0.2, 0.25) is 5.02 Å². The zero-order valence-electron chi connectivity index (χ0n) is 24.4. The number of aromatic nitrogens is 2. The van der Waals surface area contributed by atoms with Crippen LogP contribution >= 0.6 is 23.8 Å². The van der Waals surface area contributed by atoms with Gasteiger partial charge in [0.25, 0.3) is 0 Å². The molecule has 0 aliphatic carbocycles. The van der Waals surface area contributed by atoms with E-state index in [0.717, 1.165) is 35.2 Å². The molecule has 0 amide bonds. The van der Waals surface area contributed by atoms with Crippen molar-refractivity contribution in [1.29, 1.82) is 0 Å². The van der Waals surface area contributed by atoms with Gasteiger partial charge in [0.1, 0.15) is 0 Å². The van der Waals surface area contributed by atoms with Crippen molar-refractivity contribution in [2.24, 2.45) is 11.8 Å². The summed E-state index contributed by atoms with van der Waals surface area (Å²) < 4.78 is 2.36. The zero-order chi connectivity index (χ0) is 28.8. The predicted molar refractivity (Wildman–Crippen MR) is 175 cm³/mol. The summed E-state index contributed by atoms with van der Waals surface area (Å²) in [5.41, 5.74) is 9.07. The Kier molecular flexibility index (Phi) is 7.56. The van der Waals surface area contributed by atoms with Gasteiger partial charge in [-0.3, -0.25) is 4.98 Å². The third kappa shape index (κ3) is 5.13. The Morgan fingerprint density at radius 1 is 0.902 bits per heavy atom. The Bertz CT molecular complexity index is 1570. The van der Waals surface area contributed by atoms with Gasteiger partial charge in [0.2, 0.25) is 0 Å². The van der Waals surface area contributed by atoms with Crippen molar-refractivity contribution in [3.8, 4) is 5.69 Å². The van der Waals surface area contributed by atoms with Crippen molar-refractivity contribution in [3.63, 3.8) is 0 Å². The molecule has 2 aliphatic rings. The van der Waals surface area contributed by atoms with Crippen LogP contribution in [0.3, 0.4) is 0 Å². The second-order valence-electron chi connectivity index (χ2n) is 11.9. The second kappa shape index (κ2) is 11.1. The maximum absolute atomic E-state index is 7.04. The van der Waals surface area contributed by atoms with Gasteiger partial charge >= 0.3 is 0 Å². The second-order valence-corrected chi connectivity index (χ2v) is 12.7. The van der Waals surface area contributed by atoms with Crippen LogP contribution in [-0.2, 0) is 0 Å². The number of pyridine rings is 1. The third-order valence-corrected chi connectivity index (χ3v) is 9.28. The van der Waals surface area contributed by atoms with Crippen molar-refractivity contribution in [1.82, 2.24) is 14.9 Å². The van der Waals surface area contributed by atoms with Gasteiger partial charge in [-0.05, 0) is 105 Å². The van der Waals surface area contributed by atoms with Gasteiger partial charge in [0.15, 0.2) is 5.11 Å². The molecule has 0 saturated carbocycles. The van der Waals surface area contributed by atoms with Crippen LogP contribution in [0.4, 0.5) is 11.4 Å². The van der Waals surface area contributed by atoms with E-state index in [2.05, 4.69) is 109 Å². The molecular formula is C34H38ClN5S. The fraction of sp³-hybridized carbons (Fsp3) is 0.353. The highest BCUT2D eigenvalue weighted by atomic mass is 35.5. The molecule has 4 atom stereocenters. The van der Waals surface area contributed by atoms with Crippen LogP contribution in [0.25, 0.3) is 5.69 Å². The summed E-state index contributed by atoms with van der Waals surface area (Å²) in [5.74, 6) is 1.30. The SMILES string of the molecule is Cc1ccccc1-n1c(C)cc([C@@H]2[C@H](c3ccccn3)NC(=S)N2c2ccc(N3C[C@H](C)C[C@H](C)C3)c(Cl)c2)c1C. The molecule has 2 saturated heterocycles. The summed E-state index contributed by atoms with van der Waals surface area (Å²) in [6.45, 7) is 13.3. The average Bonchev–Trinajstić information content (AvgIpc) is 3.43. The van der Waals surface area contributed by atoms with Gasteiger partial charge in [0, 0.05) is 42.0 Å². The van der Waals surface area contributed by atoms with E-state index >= 15 is 0 Å². The molecule has 4 aromatic rings. The van der Waals surface area contributed by atoms with Gasteiger partial charge in [0.05, 0.1) is 28.5 Å². The third-order valence-electron chi connectivity index (χ3n) is 8.66. The number of halogens is 1. The smallest absolute Gasteiger partial charge is 0.174 e. The minimum absolute atomic E-state index is 0.0988. The Morgan fingerprint density at radius 2 is 1.63 bits per heavy atom. The van der Waals surface area contributed by atoms with E-state index in [1.807, 2.05) is 18.3 Å². The number of aryl methyl sites for hydroxylation is 2. The average molecular weight is 584 g/mol. The highest BCUT2D eigenvalue weighted by Crippen LogP contribution is 2.45. The molecule has 4 heterocycles. The normalized spacial score (nSPS) is 22.7. The number of hydrogen-bond donors (Lipinski definition) is 1. The van der Waals surface area contributed by atoms with Crippen LogP contribution in [0.15, 0.2) is 72.9 Å². The lowest BCUT2D eigenvalue weighted by atomic mass is 9.91. The zero-order valence-corrected chi connectivity index (χ0v) is 26.0. The first-order chi connectivity index (χ1) is 19.7. The molecule has 212 valence electrons. The molecule has 1 N–H and O–H groups in total. The number of rotatable bonds is 5. The molecule has 5 nitrogen and oxygen atoms in total. The standard InChI is InChI=1S/C34H38ClN5S/c1-21-16-22(2)20-38(19-21)31-14-13-26(18-28(31)35)40-33(32(37-34(40)41)29-11-8-9-15-36-29)27-17-24(4)39(25(27)5)30-12-7-6-10-23(30)3/h6-15,17-18,21-22,32-33H,16,19-20H2,1-5H3,(H,37,41)/t21-,22+,32-,33+/m0/s1. The number of anilines is 2. The Hall–Kier alpha value is -3.35. The summed E-state index contributed by atoms with van der Waals surface area (Å²) in [7, 11) is 0. The molecule has 7 heteroatoms. The quantitative estimate of drug-likeness (QED) is 0.240. The van der Waals surface area contributed by atoms with Crippen LogP contribution < -0.4 is 15.1 Å². The van der Waals surface area contributed by atoms with Crippen LogP contribution in [0.1, 0.15) is 60.6 Å². The molecular weight excluding hydrogens is 546 g/mol. The van der Waals surface area contributed by atoms with E-state index < -0.39 is 0 Å². The summed E-state index contributed by atoms with van der Waals surface area (Å²) in [5, 5.41) is 5.05. The van der Waals surface area contributed by atoms with Crippen molar-refractivity contribution in [2.75, 3.05) is 22.9 Å². The molecule has 2 aromatic heterocycles. The van der Waals surface area contributed by atoms with Crippen molar-refractivity contribution in [2.45, 2.75) is 53.1 Å². The summed E-state index contributed by atoms with van der Waals surface area (Å²) in [4.78, 5) is 9.42. The number of thiocarbonyl (C=S) groups is 1. The maximum Gasteiger partial charge on any atom is 0.174 e. The monoisotopic (exact) mass is 583 g/mol. The first kappa shape index (κ1) is 27.8. The first-order valence-corrected chi connectivity index (χ1v) is 15.3. The molecule has 41 heavy (non-hydrogen) atoms. The van der Waals surface area contributed by atoms with E-state index in [9.17, 15) is 0 Å². The van der Waals surface area contributed by atoms with Gasteiger partial charge < -0.3 is 19.7 Å². The molecule has 0 radical (unpaired) electrons. The first-order valence-electron chi connectivity index (χ1n) is 14.5. The number of hydrogen-bond acceptors (Lipinski definition) is 3. The number of benzene rings is 2. The lowest BCUT2D eigenvalue weighted by Gasteiger charge is -2.37. The lowest BCUT2D eigenvalue weighted by Crippen LogP contribution is -2.38. The van der Waals surface area contributed by atoms with Crippen LogP contribution in [0, 0.1) is 32.6 Å². The Morgan fingerprint density at radius 3 is 2.32 bits per heavy atom. The number of nitrogens with zero attached hydrogens (tertiary/aromatic N) is 4. The van der Waals surface area contributed by atoms with Gasteiger partial charge in [-0.15, -0.1) is 0 Å². The van der Waals surface area contributed by atoms with E-state index in [1.54, 1.807) is 0 Å². The van der Waals surface area contributed by atoms with E-state index in [-0.39, 0.29) is 12.1 Å². The number of piperidine rings is 1. The Labute approximate surface area is 254 Å². The van der Waals surface area contributed by atoms with E-state index in [4.69, 9.17) is 28.8 Å². The van der Waals surface area contributed by atoms with Gasteiger partial charge in [-0.25, -0.2) is 0 Å². The topological polar surface area (TPSA) is 36.3 Å². The largest absolute Gasteiger partial charge is 0.370 e. The van der Waals surface area contributed by atoms with Crippen molar-refractivity contribution < 1.29 is 0 Å². The molecule has 2 aromatic carbocycles. The summed E-state index contributed by atoms with van der Waals surface area (Å²) in [6.07, 6.45) is 3.11. The fourth-order valence-electron chi connectivity index (χ4n) is 6.98. The maximum atomic E-state index is 7.04. The van der Waals surface area contributed by atoms with E-state index in [0.29, 0.717) is 16.9 Å². The molecule has 6 rings (SSSR count). The highest BCUT2D eigenvalue weighted by molar-refractivity contribution is 7.80. The van der Waals surface area contributed by atoms with E-state index in [1.165, 1.54) is 34.6 Å². The van der Waals surface area contributed by atoms with Crippen molar-refractivity contribution >= 4 is 40.3 Å². The minimum Gasteiger partial charge on any atom is -0.370 e. The lowest BCUT2D eigenvalue weighted by molar-refractivity contribution is 0.357. The highest BCUT2D eigenvalue weighted by Gasteiger charge is 2.42. The van der Waals surface area contributed by atoms with Crippen LogP contribution in [0.5, 0.6) is 0 Å². The minimum atomic E-state index is -0.114. The molecule has 0 unspecified atom stereocenters. The molecule has 0 spiro atoms. The molecule has 2 fully saturated rings. The summed E-state index contributed by atoms with van der Waals surface area (Å²) >= 11 is 13.1. The van der Waals surface area contributed by atoms with Crippen molar-refractivity contribution in [3.05, 3.63) is 106 Å².